The van der Waals surface area contributed by atoms with E-state index in [1.54, 1.807) is 4.90 Å². The molecule has 1 aliphatic heterocycles. The minimum atomic E-state index is -0.595. The van der Waals surface area contributed by atoms with Crippen molar-refractivity contribution < 1.29 is 14.3 Å². The Balaban J connectivity index is 1.69. The summed E-state index contributed by atoms with van der Waals surface area (Å²) >= 11 is 0. The SMILES string of the molecule is CC(=O)N[C@H]1C(=O)N(CCCOc2ccccc2)c2c(C)cccc21. The zero-order valence-corrected chi connectivity index (χ0v) is 14.5. The second-order valence-electron chi connectivity index (χ2n) is 6.15. The molecule has 0 saturated heterocycles. The molecule has 0 saturated carbocycles. The van der Waals surface area contributed by atoms with Crippen LogP contribution in [-0.4, -0.2) is 25.0 Å². The van der Waals surface area contributed by atoms with Gasteiger partial charge in [-0.05, 0) is 31.0 Å². The summed E-state index contributed by atoms with van der Waals surface area (Å²) in [6.45, 7) is 4.49. The predicted octanol–water partition coefficient (Wildman–Crippen LogP) is 2.99. The molecular weight excluding hydrogens is 316 g/mol. The van der Waals surface area contributed by atoms with Crippen molar-refractivity contribution in [2.45, 2.75) is 26.3 Å². The summed E-state index contributed by atoms with van der Waals surface area (Å²) in [5.41, 5.74) is 2.80. The fourth-order valence-electron chi connectivity index (χ4n) is 3.18. The molecule has 1 N–H and O–H groups in total. The third-order valence-electron chi connectivity index (χ3n) is 4.25. The van der Waals surface area contributed by atoms with E-state index in [1.165, 1.54) is 6.92 Å². The topological polar surface area (TPSA) is 58.6 Å². The first-order valence-corrected chi connectivity index (χ1v) is 8.44. The van der Waals surface area contributed by atoms with Crippen LogP contribution in [0.2, 0.25) is 0 Å². The second kappa shape index (κ2) is 7.38. The van der Waals surface area contributed by atoms with Crippen LogP contribution in [0.3, 0.4) is 0 Å². The lowest BCUT2D eigenvalue weighted by Crippen LogP contribution is -2.37. The van der Waals surface area contributed by atoms with Crippen LogP contribution < -0.4 is 15.0 Å². The van der Waals surface area contributed by atoms with E-state index in [1.807, 2.05) is 55.5 Å². The number of nitrogens with zero attached hydrogens (tertiary/aromatic N) is 1. The highest BCUT2D eigenvalue weighted by Gasteiger charge is 2.38. The molecule has 130 valence electrons. The number of para-hydroxylation sites is 2. The van der Waals surface area contributed by atoms with Crippen LogP contribution in [0.5, 0.6) is 5.75 Å². The highest BCUT2D eigenvalue weighted by molar-refractivity contribution is 6.06. The maximum Gasteiger partial charge on any atom is 0.254 e. The Morgan fingerprint density at radius 3 is 2.64 bits per heavy atom. The van der Waals surface area contributed by atoms with Gasteiger partial charge in [-0.2, -0.15) is 0 Å². The number of hydrogen-bond donors (Lipinski definition) is 1. The first-order valence-electron chi connectivity index (χ1n) is 8.44. The van der Waals surface area contributed by atoms with Gasteiger partial charge in [-0.3, -0.25) is 9.59 Å². The summed E-state index contributed by atoms with van der Waals surface area (Å²) in [5, 5.41) is 2.76. The Hall–Kier alpha value is -2.82. The summed E-state index contributed by atoms with van der Waals surface area (Å²) in [7, 11) is 0. The first-order chi connectivity index (χ1) is 12.1. The lowest BCUT2D eigenvalue weighted by atomic mass is 10.1. The molecule has 25 heavy (non-hydrogen) atoms. The number of aryl methyl sites for hydroxylation is 1. The third kappa shape index (κ3) is 3.65. The lowest BCUT2D eigenvalue weighted by Gasteiger charge is -2.19. The standard InChI is InChI=1S/C20H22N2O3/c1-14-8-6-11-17-18(21-15(2)23)20(24)22(19(14)17)12-7-13-25-16-9-4-3-5-10-16/h3-6,8-11,18H,7,12-13H2,1-2H3,(H,21,23)/t18-/m1/s1. The van der Waals surface area contributed by atoms with Crippen LogP contribution in [-0.2, 0) is 9.59 Å². The van der Waals surface area contributed by atoms with E-state index >= 15 is 0 Å². The Bertz CT molecular complexity index is 774. The van der Waals surface area contributed by atoms with Crippen molar-refractivity contribution in [3.05, 3.63) is 59.7 Å². The van der Waals surface area contributed by atoms with Crippen molar-refractivity contribution >= 4 is 17.5 Å². The Morgan fingerprint density at radius 2 is 1.92 bits per heavy atom. The van der Waals surface area contributed by atoms with Crippen molar-refractivity contribution in [2.75, 3.05) is 18.1 Å². The summed E-state index contributed by atoms with van der Waals surface area (Å²) in [5.74, 6) is 0.530. The van der Waals surface area contributed by atoms with Crippen molar-refractivity contribution in [1.82, 2.24) is 5.32 Å². The number of anilines is 1. The number of benzene rings is 2. The molecule has 2 aromatic rings. The molecule has 1 atom stereocenters. The number of rotatable bonds is 6. The van der Waals surface area contributed by atoms with Gasteiger partial charge in [-0.15, -0.1) is 0 Å². The Morgan fingerprint density at radius 1 is 1.16 bits per heavy atom. The van der Waals surface area contributed by atoms with Gasteiger partial charge in [0.1, 0.15) is 11.8 Å². The highest BCUT2D eigenvalue weighted by Crippen LogP contribution is 2.38. The third-order valence-corrected chi connectivity index (χ3v) is 4.25. The van der Waals surface area contributed by atoms with Crippen molar-refractivity contribution in [1.29, 1.82) is 0 Å². The first kappa shape index (κ1) is 17.0. The van der Waals surface area contributed by atoms with Crippen molar-refractivity contribution in [2.24, 2.45) is 0 Å². The molecule has 0 aromatic heterocycles. The molecule has 0 unspecified atom stereocenters. The molecule has 1 heterocycles. The average Bonchev–Trinajstić information content (AvgIpc) is 2.86. The minimum Gasteiger partial charge on any atom is -0.494 e. The summed E-state index contributed by atoms with van der Waals surface area (Å²) in [6, 6.07) is 14.8. The normalized spacial score (nSPS) is 15.8. The fourth-order valence-corrected chi connectivity index (χ4v) is 3.18. The van der Waals surface area contributed by atoms with E-state index in [0.29, 0.717) is 19.6 Å². The van der Waals surface area contributed by atoms with Gasteiger partial charge in [0.05, 0.1) is 12.3 Å². The monoisotopic (exact) mass is 338 g/mol. The van der Waals surface area contributed by atoms with E-state index in [0.717, 1.165) is 22.6 Å². The summed E-state index contributed by atoms with van der Waals surface area (Å²) < 4.78 is 5.70. The van der Waals surface area contributed by atoms with Gasteiger partial charge in [0.25, 0.3) is 5.91 Å². The van der Waals surface area contributed by atoms with Crippen LogP contribution >= 0.6 is 0 Å². The Labute approximate surface area is 147 Å². The van der Waals surface area contributed by atoms with Gasteiger partial charge in [0, 0.05) is 19.0 Å². The molecule has 0 radical (unpaired) electrons. The van der Waals surface area contributed by atoms with Crippen LogP contribution in [0.25, 0.3) is 0 Å². The molecule has 0 spiro atoms. The molecule has 0 fully saturated rings. The molecule has 5 heteroatoms. The molecule has 1 aliphatic rings. The van der Waals surface area contributed by atoms with Gasteiger partial charge in [-0.1, -0.05) is 36.4 Å². The number of amides is 2. The maximum atomic E-state index is 12.8. The van der Waals surface area contributed by atoms with Crippen molar-refractivity contribution in [3.63, 3.8) is 0 Å². The van der Waals surface area contributed by atoms with Gasteiger partial charge in [-0.25, -0.2) is 0 Å². The minimum absolute atomic E-state index is 0.0841. The maximum absolute atomic E-state index is 12.8. The van der Waals surface area contributed by atoms with Crippen LogP contribution in [0.1, 0.15) is 30.5 Å². The van der Waals surface area contributed by atoms with Crippen LogP contribution in [0.4, 0.5) is 5.69 Å². The zero-order valence-electron chi connectivity index (χ0n) is 14.5. The number of ether oxygens (including phenoxy) is 1. The van der Waals surface area contributed by atoms with E-state index in [-0.39, 0.29) is 11.8 Å². The van der Waals surface area contributed by atoms with Crippen LogP contribution in [0, 0.1) is 6.92 Å². The largest absolute Gasteiger partial charge is 0.494 e. The fraction of sp³-hybridized carbons (Fsp3) is 0.300. The number of fused-ring (bicyclic) bond motifs is 1. The number of hydrogen-bond acceptors (Lipinski definition) is 3. The van der Waals surface area contributed by atoms with E-state index < -0.39 is 6.04 Å². The quantitative estimate of drug-likeness (QED) is 0.824. The summed E-state index contributed by atoms with van der Waals surface area (Å²) in [4.78, 5) is 26.0. The van der Waals surface area contributed by atoms with Gasteiger partial charge in [0.2, 0.25) is 5.91 Å². The number of carbonyl (C=O) groups is 2. The predicted molar refractivity (Wildman–Crippen MR) is 96.6 cm³/mol. The number of carbonyl (C=O) groups excluding carboxylic acids is 2. The van der Waals surface area contributed by atoms with E-state index in [2.05, 4.69) is 5.32 Å². The molecule has 0 bridgehead atoms. The molecule has 3 rings (SSSR count). The molecule has 2 amide bonds. The molecule has 2 aromatic carbocycles. The van der Waals surface area contributed by atoms with Gasteiger partial charge < -0.3 is 15.0 Å². The highest BCUT2D eigenvalue weighted by atomic mass is 16.5. The van der Waals surface area contributed by atoms with E-state index in [9.17, 15) is 9.59 Å². The molecule has 0 aliphatic carbocycles. The Kier molecular flexibility index (Phi) is 5.03. The van der Waals surface area contributed by atoms with Crippen molar-refractivity contribution in [3.8, 4) is 5.75 Å². The smallest absolute Gasteiger partial charge is 0.254 e. The second-order valence-corrected chi connectivity index (χ2v) is 6.15. The zero-order chi connectivity index (χ0) is 17.8. The van der Waals surface area contributed by atoms with E-state index in [4.69, 9.17) is 4.74 Å². The van der Waals surface area contributed by atoms with Gasteiger partial charge in [0.15, 0.2) is 0 Å². The number of nitrogens with one attached hydrogen (secondary N) is 1. The molecule has 5 nitrogen and oxygen atoms in total. The molecular formula is C20H22N2O3. The lowest BCUT2D eigenvalue weighted by molar-refractivity contribution is -0.126. The van der Waals surface area contributed by atoms with Gasteiger partial charge >= 0.3 is 0 Å². The van der Waals surface area contributed by atoms with Crippen LogP contribution in [0.15, 0.2) is 48.5 Å². The summed E-state index contributed by atoms with van der Waals surface area (Å²) in [6.07, 6.45) is 0.710. The average molecular weight is 338 g/mol.